The van der Waals surface area contributed by atoms with Crippen molar-refractivity contribution in [2.45, 2.75) is 25.7 Å². The maximum Gasteiger partial charge on any atom is 0.157 e. The number of rotatable bonds is 4. The molecule has 2 heterocycles. The van der Waals surface area contributed by atoms with Crippen molar-refractivity contribution in [3.63, 3.8) is 0 Å². The number of fused-ring (bicyclic) bond motifs is 1. The van der Waals surface area contributed by atoms with Gasteiger partial charge in [0.1, 0.15) is 5.82 Å². The van der Waals surface area contributed by atoms with Gasteiger partial charge in [0.15, 0.2) is 5.65 Å². The third kappa shape index (κ3) is 2.30. The molecule has 0 spiro atoms. The molecule has 0 amide bonds. The van der Waals surface area contributed by atoms with Crippen molar-refractivity contribution in [1.82, 2.24) is 14.6 Å². The normalized spacial score (nSPS) is 15.2. The molecule has 0 unspecified atom stereocenters. The number of aromatic nitrogens is 3. The number of hydrogen-bond donors (Lipinski definition) is 1. The van der Waals surface area contributed by atoms with E-state index < -0.39 is 0 Å². The first-order valence-corrected chi connectivity index (χ1v) is 6.14. The van der Waals surface area contributed by atoms with E-state index in [2.05, 4.69) is 21.5 Å². The van der Waals surface area contributed by atoms with E-state index in [9.17, 15) is 0 Å². The van der Waals surface area contributed by atoms with Crippen LogP contribution in [0.3, 0.4) is 0 Å². The van der Waals surface area contributed by atoms with Crippen LogP contribution in [0.4, 0.5) is 5.82 Å². The Kier molecular flexibility index (Phi) is 2.78. The minimum absolute atomic E-state index is 0.884. The predicted molar refractivity (Wildman–Crippen MR) is 68.0 cm³/mol. The summed E-state index contributed by atoms with van der Waals surface area (Å²) in [7, 11) is 0. The van der Waals surface area contributed by atoms with Crippen LogP contribution in [0.1, 0.15) is 25.7 Å². The second-order valence-electron chi connectivity index (χ2n) is 4.38. The highest BCUT2D eigenvalue weighted by molar-refractivity contribution is 5.45. The van der Waals surface area contributed by atoms with Gasteiger partial charge in [-0.05, 0) is 31.7 Å². The van der Waals surface area contributed by atoms with E-state index in [1.165, 1.54) is 19.3 Å². The van der Waals surface area contributed by atoms with Crippen LogP contribution in [0.5, 0.6) is 0 Å². The minimum atomic E-state index is 0.884. The van der Waals surface area contributed by atoms with Crippen molar-refractivity contribution in [3.8, 4) is 0 Å². The summed E-state index contributed by atoms with van der Waals surface area (Å²) in [4.78, 5) is 4.47. The molecule has 0 fully saturated rings. The molecular formula is C13H16N4. The van der Waals surface area contributed by atoms with E-state index in [0.29, 0.717) is 0 Å². The van der Waals surface area contributed by atoms with Gasteiger partial charge in [-0.15, -0.1) is 0 Å². The standard InChI is InChI=1S/C13H16N4/c1-2-4-11(3-1)5-8-14-12-7-10-17-13(16-12)6-9-15-17/h3,6-7,9-10H,1-2,4-5,8H2,(H,14,16). The number of nitrogens with zero attached hydrogens (tertiary/aromatic N) is 3. The topological polar surface area (TPSA) is 42.2 Å². The monoisotopic (exact) mass is 228 g/mol. The van der Waals surface area contributed by atoms with E-state index in [4.69, 9.17) is 0 Å². The van der Waals surface area contributed by atoms with Crippen LogP contribution in [0, 0.1) is 0 Å². The van der Waals surface area contributed by atoms with Crippen LogP contribution in [-0.2, 0) is 0 Å². The molecule has 4 nitrogen and oxygen atoms in total. The van der Waals surface area contributed by atoms with Crippen molar-refractivity contribution in [2.75, 3.05) is 11.9 Å². The predicted octanol–water partition coefficient (Wildman–Crippen LogP) is 2.64. The van der Waals surface area contributed by atoms with Gasteiger partial charge in [-0.1, -0.05) is 11.6 Å². The summed E-state index contributed by atoms with van der Waals surface area (Å²) in [5, 5.41) is 7.48. The molecule has 0 radical (unpaired) electrons. The van der Waals surface area contributed by atoms with E-state index in [1.54, 1.807) is 16.3 Å². The highest BCUT2D eigenvalue weighted by Crippen LogP contribution is 2.20. The van der Waals surface area contributed by atoms with Crippen molar-refractivity contribution >= 4 is 11.5 Å². The number of nitrogens with one attached hydrogen (secondary N) is 1. The average Bonchev–Trinajstić information content (AvgIpc) is 2.98. The second kappa shape index (κ2) is 4.57. The van der Waals surface area contributed by atoms with Gasteiger partial charge in [0, 0.05) is 18.8 Å². The summed E-state index contributed by atoms with van der Waals surface area (Å²) < 4.78 is 1.77. The zero-order chi connectivity index (χ0) is 11.5. The number of anilines is 1. The molecule has 0 aromatic carbocycles. The summed E-state index contributed by atoms with van der Waals surface area (Å²) in [5.74, 6) is 0.927. The van der Waals surface area contributed by atoms with E-state index in [-0.39, 0.29) is 0 Å². The lowest BCUT2D eigenvalue weighted by Crippen LogP contribution is -2.04. The van der Waals surface area contributed by atoms with Gasteiger partial charge in [0.2, 0.25) is 0 Å². The van der Waals surface area contributed by atoms with Crippen molar-refractivity contribution in [3.05, 3.63) is 36.2 Å². The van der Waals surface area contributed by atoms with Crippen LogP contribution in [0.25, 0.3) is 5.65 Å². The molecule has 3 rings (SSSR count). The highest BCUT2D eigenvalue weighted by atomic mass is 15.2. The summed E-state index contributed by atoms with van der Waals surface area (Å²) in [6.07, 6.45) is 11.1. The van der Waals surface area contributed by atoms with E-state index >= 15 is 0 Å². The molecule has 1 aliphatic carbocycles. The van der Waals surface area contributed by atoms with Crippen LogP contribution in [-0.4, -0.2) is 21.1 Å². The lowest BCUT2D eigenvalue weighted by atomic mass is 10.2. The molecule has 2 aromatic rings. The zero-order valence-corrected chi connectivity index (χ0v) is 9.76. The summed E-state index contributed by atoms with van der Waals surface area (Å²) >= 11 is 0. The van der Waals surface area contributed by atoms with Gasteiger partial charge in [-0.2, -0.15) is 5.10 Å². The zero-order valence-electron chi connectivity index (χ0n) is 9.76. The highest BCUT2D eigenvalue weighted by Gasteiger charge is 2.04. The average molecular weight is 228 g/mol. The van der Waals surface area contributed by atoms with Gasteiger partial charge < -0.3 is 5.32 Å². The SMILES string of the molecule is C1=C(CCNc2ccn3nccc3n2)CCC1. The lowest BCUT2D eigenvalue weighted by Gasteiger charge is -2.06. The molecule has 1 aliphatic rings. The molecule has 0 saturated heterocycles. The van der Waals surface area contributed by atoms with Crippen LogP contribution < -0.4 is 5.32 Å². The van der Waals surface area contributed by atoms with Gasteiger partial charge >= 0.3 is 0 Å². The molecular weight excluding hydrogens is 212 g/mol. The first-order valence-electron chi connectivity index (χ1n) is 6.14. The lowest BCUT2D eigenvalue weighted by molar-refractivity contribution is 0.861. The molecule has 0 aliphatic heterocycles. The van der Waals surface area contributed by atoms with Crippen LogP contribution in [0.15, 0.2) is 36.2 Å². The van der Waals surface area contributed by atoms with Crippen molar-refractivity contribution in [1.29, 1.82) is 0 Å². The quantitative estimate of drug-likeness (QED) is 0.818. The van der Waals surface area contributed by atoms with Gasteiger partial charge in [0.05, 0.1) is 6.20 Å². The summed E-state index contributed by atoms with van der Waals surface area (Å²) in [5.41, 5.74) is 2.47. The third-order valence-electron chi connectivity index (χ3n) is 3.15. The second-order valence-corrected chi connectivity index (χ2v) is 4.38. The van der Waals surface area contributed by atoms with E-state index in [0.717, 1.165) is 24.4 Å². The fourth-order valence-corrected chi connectivity index (χ4v) is 2.23. The van der Waals surface area contributed by atoms with Crippen LogP contribution >= 0.6 is 0 Å². The Morgan fingerprint density at radius 1 is 1.35 bits per heavy atom. The van der Waals surface area contributed by atoms with Gasteiger partial charge in [0.25, 0.3) is 0 Å². The molecule has 0 bridgehead atoms. The maximum absolute atomic E-state index is 4.47. The molecule has 0 atom stereocenters. The molecule has 4 heteroatoms. The molecule has 1 N–H and O–H groups in total. The number of allylic oxidation sites excluding steroid dienone is 1. The minimum Gasteiger partial charge on any atom is -0.370 e. The summed E-state index contributed by atoms with van der Waals surface area (Å²) in [6.45, 7) is 0.961. The largest absolute Gasteiger partial charge is 0.370 e. The Labute approximate surface area is 100 Å². The summed E-state index contributed by atoms with van der Waals surface area (Å²) in [6, 6.07) is 3.87. The van der Waals surface area contributed by atoms with Crippen molar-refractivity contribution < 1.29 is 0 Å². The van der Waals surface area contributed by atoms with E-state index in [1.807, 2.05) is 18.3 Å². The Bertz CT molecular complexity index is 541. The van der Waals surface area contributed by atoms with Gasteiger partial charge in [-0.3, -0.25) is 0 Å². The Morgan fingerprint density at radius 2 is 2.35 bits per heavy atom. The Balaban J connectivity index is 1.60. The molecule has 2 aromatic heterocycles. The molecule has 0 saturated carbocycles. The Hall–Kier alpha value is -1.84. The first kappa shape index (κ1) is 10.3. The fraction of sp³-hybridized carbons (Fsp3) is 0.385. The van der Waals surface area contributed by atoms with Crippen molar-refractivity contribution in [2.24, 2.45) is 0 Å². The van der Waals surface area contributed by atoms with Crippen LogP contribution in [0.2, 0.25) is 0 Å². The maximum atomic E-state index is 4.47. The third-order valence-corrected chi connectivity index (χ3v) is 3.15. The number of hydrogen-bond acceptors (Lipinski definition) is 3. The molecule has 88 valence electrons. The Morgan fingerprint density at radius 3 is 3.24 bits per heavy atom. The first-order chi connectivity index (χ1) is 8.42. The fourth-order valence-electron chi connectivity index (χ4n) is 2.23. The van der Waals surface area contributed by atoms with Gasteiger partial charge in [-0.25, -0.2) is 9.50 Å². The molecule has 17 heavy (non-hydrogen) atoms. The smallest absolute Gasteiger partial charge is 0.157 e.